The molecule has 4 rings (SSSR count). The minimum Gasteiger partial charge on any atom is -0.240 e. The summed E-state index contributed by atoms with van der Waals surface area (Å²) >= 11 is 0. The summed E-state index contributed by atoms with van der Waals surface area (Å²) in [6, 6.07) is 17.0. The Balaban J connectivity index is 1.62. The van der Waals surface area contributed by atoms with Crippen LogP contribution in [0, 0.1) is 6.92 Å². The van der Waals surface area contributed by atoms with Crippen molar-refractivity contribution in [2.24, 2.45) is 0 Å². The third kappa shape index (κ3) is 3.55. The van der Waals surface area contributed by atoms with Crippen LogP contribution in [0.4, 0.5) is 0 Å². The van der Waals surface area contributed by atoms with Crippen molar-refractivity contribution in [3.8, 4) is 16.9 Å². The maximum Gasteiger partial charge on any atom is 0.243 e. The predicted molar refractivity (Wildman–Crippen MR) is 106 cm³/mol. The molecule has 0 unspecified atom stereocenters. The summed E-state index contributed by atoms with van der Waals surface area (Å²) in [6.07, 6.45) is 4.97. The van der Waals surface area contributed by atoms with Gasteiger partial charge in [-0.2, -0.15) is 9.40 Å². The molecule has 2 heterocycles. The van der Waals surface area contributed by atoms with E-state index in [-0.39, 0.29) is 0 Å². The van der Waals surface area contributed by atoms with E-state index in [1.54, 1.807) is 16.4 Å². The third-order valence-electron chi connectivity index (χ3n) is 5.00. The van der Waals surface area contributed by atoms with Gasteiger partial charge in [0.1, 0.15) is 0 Å². The van der Waals surface area contributed by atoms with Gasteiger partial charge in [0.25, 0.3) is 0 Å². The van der Waals surface area contributed by atoms with Crippen LogP contribution < -0.4 is 0 Å². The Morgan fingerprint density at radius 2 is 1.56 bits per heavy atom. The van der Waals surface area contributed by atoms with Crippen molar-refractivity contribution in [3.05, 3.63) is 66.4 Å². The first-order chi connectivity index (χ1) is 13.1. The molecule has 2 aromatic carbocycles. The lowest BCUT2D eigenvalue weighted by atomic mass is 10.1. The highest BCUT2D eigenvalue weighted by Crippen LogP contribution is 2.26. The van der Waals surface area contributed by atoms with Crippen molar-refractivity contribution in [1.82, 2.24) is 14.1 Å². The van der Waals surface area contributed by atoms with Gasteiger partial charge in [-0.05, 0) is 49.6 Å². The number of aromatic nitrogens is 2. The zero-order chi connectivity index (χ0) is 18.9. The summed E-state index contributed by atoms with van der Waals surface area (Å²) in [4.78, 5) is 0.355. The second kappa shape index (κ2) is 7.29. The predicted octanol–water partition coefficient (Wildman–Crippen LogP) is 4.02. The summed E-state index contributed by atoms with van der Waals surface area (Å²) in [5, 5.41) is 4.69. The van der Waals surface area contributed by atoms with E-state index < -0.39 is 10.0 Å². The standard InChI is InChI=1S/C21H23N3O2S/c1-17-16-24(19-8-4-2-5-9-19)22-21(17)18-10-12-20(13-11-18)27(25,26)23-14-6-3-7-15-23/h2,4-5,8-13,16H,3,6-7,14-15H2,1H3. The van der Waals surface area contributed by atoms with Crippen LogP contribution in [0.2, 0.25) is 0 Å². The Labute approximate surface area is 160 Å². The van der Waals surface area contributed by atoms with E-state index in [0.29, 0.717) is 18.0 Å². The van der Waals surface area contributed by atoms with Gasteiger partial charge in [-0.3, -0.25) is 0 Å². The lowest BCUT2D eigenvalue weighted by Gasteiger charge is -2.25. The van der Waals surface area contributed by atoms with Gasteiger partial charge in [0.2, 0.25) is 10.0 Å². The number of hydrogen-bond acceptors (Lipinski definition) is 3. The number of rotatable bonds is 4. The summed E-state index contributed by atoms with van der Waals surface area (Å²) in [5.74, 6) is 0. The highest BCUT2D eigenvalue weighted by Gasteiger charge is 2.25. The molecule has 27 heavy (non-hydrogen) atoms. The molecule has 0 amide bonds. The maximum absolute atomic E-state index is 12.8. The van der Waals surface area contributed by atoms with Crippen LogP contribution in [-0.4, -0.2) is 35.6 Å². The largest absolute Gasteiger partial charge is 0.243 e. The highest BCUT2D eigenvalue weighted by molar-refractivity contribution is 7.89. The molecular formula is C21H23N3O2S. The van der Waals surface area contributed by atoms with Gasteiger partial charge in [-0.1, -0.05) is 36.8 Å². The van der Waals surface area contributed by atoms with Crippen molar-refractivity contribution in [2.45, 2.75) is 31.1 Å². The van der Waals surface area contributed by atoms with Gasteiger partial charge in [0.05, 0.1) is 16.3 Å². The fourth-order valence-electron chi connectivity index (χ4n) is 3.50. The quantitative estimate of drug-likeness (QED) is 0.686. The zero-order valence-electron chi connectivity index (χ0n) is 15.4. The van der Waals surface area contributed by atoms with Crippen molar-refractivity contribution < 1.29 is 8.42 Å². The number of piperidine rings is 1. The van der Waals surface area contributed by atoms with Gasteiger partial charge >= 0.3 is 0 Å². The second-order valence-electron chi connectivity index (χ2n) is 6.93. The van der Waals surface area contributed by atoms with E-state index in [9.17, 15) is 8.42 Å². The minimum atomic E-state index is -3.40. The van der Waals surface area contributed by atoms with Crippen LogP contribution in [0.25, 0.3) is 16.9 Å². The van der Waals surface area contributed by atoms with E-state index in [4.69, 9.17) is 0 Å². The summed E-state index contributed by atoms with van der Waals surface area (Å²) < 4.78 is 29.0. The fraction of sp³-hybridized carbons (Fsp3) is 0.286. The SMILES string of the molecule is Cc1cn(-c2ccccc2)nc1-c1ccc(S(=O)(=O)N2CCCCC2)cc1. The molecule has 0 atom stereocenters. The Kier molecular flexibility index (Phi) is 4.85. The molecule has 0 aliphatic carbocycles. The average molecular weight is 382 g/mol. The number of aryl methyl sites for hydroxylation is 1. The van der Waals surface area contributed by atoms with Crippen molar-refractivity contribution >= 4 is 10.0 Å². The summed E-state index contributed by atoms with van der Waals surface area (Å²) in [6.45, 7) is 3.25. The monoisotopic (exact) mass is 381 g/mol. The van der Waals surface area contributed by atoms with Gasteiger partial charge in [0.15, 0.2) is 0 Å². The molecular weight excluding hydrogens is 358 g/mol. The van der Waals surface area contributed by atoms with E-state index >= 15 is 0 Å². The lowest BCUT2D eigenvalue weighted by molar-refractivity contribution is 0.346. The second-order valence-corrected chi connectivity index (χ2v) is 8.87. The Morgan fingerprint density at radius 1 is 0.889 bits per heavy atom. The lowest BCUT2D eigenvalue weighted by Crippen LogP contribution is -2.35. The molecule has 6 heteroatoms. The van der Waals surface area contributed by atoms with Gasteiger partial charge < -0.3 is 0 Å². The van der Waals surface area contributed by atoms with Crippen LogP contribution >= 0.6 is 0 Å². The molecule has 1 fully saturated rings. The number of sulfonamides is 1. The molecule has 140 valence electrons. The Morgan fingerprint density at radius 3 is 2.22 bits per heavy atom. The number of hydrogen-bond donors (Lipinski definition) is 0. The summed E-state index contributed by atoms with van der Waals surface area (Å²) in [5.41, 5.74) is 3.82. The molecule has 1 saturated heterocycles. The van der Waals surface area contributed by atoms with Gasteiger partial charge in [0, 0.05) is 24.8 Å². The molecule has 0 N–H and O–H groups in total. The van der Waals surface area contributed by atoms with Crippen LogP contribution in [0.3, 0.4) is 0 Å². The number of nitrogens with zero attached hydrogens (tertiary/aromatic N) is 3. The Hall–Kier alpha value is -2.44. The smallest absolute Gasteiger partial charge is 0.240 e. The van der Waals surface area contributed by atoms with Crippen molar-refractivity contribution in [3.63, 3.8) is 0 Å². The Bertz CT molecular complexity index is 1020. The minimum absolute atomic E-state index is 0.355. The molecule has 1 aliphatic heterocycles. The molecule has 5 nitrogen and oxygen atoms in total. The van der Waals surface area contributed by atoms with Gasteiger partial charge in [-0.25, -0.2) is 13.1 Å². The molecule has 0 spiro atoms. The van der Waals surface area contributed by atoms with Crippen molar-refractivity contribution in [1.29, 1.82) is 0 Å². The van der Waals surface area contributed by atoms with E-state index in [0.717, 1.165) is 41.8 Å². The van der Waals surface area contributed by atoms with Crippen LogP contribution in [-0.2, 0) is 10.0 Å². The van der Waals surface area contributed by atoms with Gasteiger partial charge in [-0.15, -0.1) is 0 Å². The van der Waals surface area contributed by atoms with Crippen LogP contribution in [0.5, 0.6) is 0 Å². The van der Waals surface area contributed by atoms with Crippen molar-refractivity contribution in [2.75, 3.05) is 13.1 Å². The topological polar surface area (TPSA) is 55.2 Å². The fourth-order valence-corrected chi connectivity index (χ4v) is 5.01. The zero-order valence-corrected chi connectivity index (χ0v) is 16.2. The summed E-state index contributed by atoms with van der Waals surface area (Å²) in [7, 11) is -3.40. The molecule has 0 saturated carbocycles. The number of benzene rings is 2. The van der Waals surface area contributed by atoms with Crippen LogP contribution in [0.15, 0.2) is 65.7 Å². The first kappa shape index (κ1) is 17.9. The average Bonchev–Trinajstić information content (AvgIpc) is 3.11. The number of para-hydroxylation sites is 1. The van der Waals surface area contributed by atoms with E-state index in [1.165, 1.54) is 0 Å². The molecule has 0 bridgehead atoms. The molecule has 1 aromatic heterocycles. The highest BCUT2D eigenvalue weighted by atomic mass is 32.2. The van der Waals surface area contributed by atoms with E-state index in [1.807, 2.05) is 60.3 Å². The normalized spacial score (nSPS) is 15.7. The first-order valence-corrected chi connectivity index (χ1v) is 10.7. The molecule has 0 radical (unpaired) electrons. The third-order valence-corrected chi connectivity index (χ3v) is 6.91. The maximum atomic E-state index is 12.8. The molecule has 3 aromatic rings. The molecule has 1 aliphatic rings. The van der Waals surface area contributed by atoms with E-state index in [2.05, 4.69) is 5.10 Å². The first-order valence-electron chi connectivity index (χ1n) is 9.28. The van der Waals surface area contributed by atoms with Crippen LogP contribution in [0.1, 0.15) is 24.8 Å².